The molecule has 2 aromatic carbocycles. The van der Waals surface area contributed by atoms with Crippen LogP contribution < -0.4 is 4.74 Å². The van der Waals surface area contributed by atoms with Crippen LogP contribution in [0.25, 0.3) is 0 Å². The van der Waals surface area contributed by atoms with Gasteiger partial charge in [0.2, 0.25) is 0 Å². The van der Waals surface area contributed by atoms with Crippen LogP contribution >= 0.6 is 0 Å². The third-order valence-electron chi connectivity index (χ3n) is 5.68. The van der Waals surface area contributed by atoms with Gasteiger partial charge in [0.1, 0.15) is 11.6 Å². The summed E-state index contributed by atoms with van der Waals surface area (Å²) in [7, 11) is 1.66. The van der Waals surface area contributed by atoms with Crippen LogP contribution in [0.3, 0.4) is 0 Å². The highest BCUT2D eigenvalue weighted by atomic mass is 16.5. The Kier molecular flexibility index (Phi) is 6.67. The molecule has 1 atom stereocenters. The van der Waals surface area contributed by atoms with Crippen molar-refractivity contribution < 1.29 is 14.3 Å². The summed E-state index contributed by atoms with van der Waals surface area (Å²) in [5.74, 6) is 1.70. The molecular formula is C25H29N3O3. The summed E-state index contributed by atoms with van der Waals surface area (Å²) in [6, 6.07) is 15.7. The van der Waals surface area contributed by atoms with Crippen LogP contribution in [0.2, 0.25) is 0 Å². The summed E-state index contributed by atoms with van der Waals surface area (Å²) < 4.78 is 13.2. The van der Waals surface area contributed by atoms with E-state index in [1.54, 1.807) is 13.3 Å². The molecule has 0 radical (unpaired) electrons. The maximum atomic E-state index is 13.3. The van der Waals surface area contributed by atoms with E-state index >= 15 is 0 Å². The number of amides is 1. The Bertz CT molecular complexity index is 990. The summed E-state index contributed by atoms with van der Waals surface area (Å²) in [6.07, 6.45) is 5.86. The first-order valence-corrected chi connectivity index (χ1v) is 10.7. The molecule has 1 unspecified atom stereocenters. The Morgan fingerprint density at radius 1 is 1.19 bits per heavy atom. The van der Waals surface area contributed by atoms with Gasteiger partial charge in [-0.2, -0.15) is 0 Å². The van der Waals surface area contributed by atoms with Crippen molar-refractivity contribution >= 4 is 5.91 Å². The van der Waals surface area contributed by atoms with Crippen molar-refractivity contribution in [1.82, 2.24) is 14.5 Å². The van der Waals surface area contributed by atoms with E-state index in [9.17, 15) is 4.79 Å². The molecule has 1 aliphatic heterocycles. The van der Waals surface area contributed by atoms with Crippen LogP contribution in [-0.2, 0) is 17.8 Å². The van der Waals surface area contributed by atoms with Crippen LogP contribution in [0, 0.1) is 6.92 Å². The van der Waals surface area contributed by atoms with Crippen molar-refractivity contribution in [3.63, 3.8) is 0 Å². The van der Waals surface area contributed by atoms with Crippen LogP contribution in [0.5, 0.6) is 5.75 Å². The Morgan fingerprint density at radius 3 is 2.65 bits per heavy atom. The second-order valence-electron chi connectivity index (χ2n) is 8.01. The second kappa shape index (κ2) is 9.79. The van der Waals surface area contributed by atoms with Crippen LogP contribution in [0.15, 0.2) is 60.9 Å². The van der Waals surface area contributed by atoms with Crippen molar-refractivity contribution in [1.29, 1.82) is 0 Å². The number of hydrogen-bond acceptors (Lipinski definition) is 4. The summed E-state index contributed by atoms with van der Waals surface area (Å²) in [5.41, 5.74) is 2.98. The van der Waals surface area contributed by atoms with Crippen molar-refractivity contribution in [3.05, 3.63) is 83.4 Å². The number of aromatic nitrogens is 2. The number of hydrogen-bond donors (Lipinski definition) is 0. The Balaban J connectivity index is 1.53. The van der Waals surface area contributed by atoms with E-state index < -0.39 is 0 Å². The van der Waals surface area contributed by atoms with Gasteiger partial charge in [0.05, 0.1) is 19.8 Å². The SMILES string of the molecule is COc1ccc(Cn2ccnc2CN(CC2CCCO2)C(=O)c2ccc(C)cc2)cc1. The first-order chi connectivity index (χ1) is 15.1. The largest absolute Gasteiger partial charge is 0.497 e. The highest BCUT2D eigenvalue weighted by molar-refractivity contribution is 5.94. The molecule has 0 aliphatic carbocycles. The molecule has 31 heavy (non-hydrogen) atoms. The lowest BCUT2D eigenvalue weighted by molar-refractivity contribution is 0.0499. The van der Waals surface area contributed by atoms with Gasteiger partial charge in [-0.15, -0.1) is 0 Å². The first-order valence-electron chi connectivity index (χ1n) is 10.7. The average molecular weight is 420 g/mol. The molecule has 0 saturated carbocycles. The molecule has 1 aromatic heterocycles. The third kappa shape index (κ3) is 5.33. The molecule has 1 amide bonds. The average Bonchev–Trinajstić information content (AvgIpc) is 3.46. The molecule has 1 fully saturated rings. The minimum absolute atomic E-state index is 0.00879. The summed E-state index contributed by atoms with van der Waals surface area (Å²) >= 11 is 0. The highest BCUT2D eigenvalue weighted by Crippen LogP contribution is 2.18. The minimum atomic E-state index is 0.00879. The summed E-state index contributed by atoms with van der Waals surface area (Å²) in [5, 5.41) is 0. The number of rotatable bonds is 8. The fourth-order valence-corrected chi connectivity index (χ4v) is 3.87. The number of nitrogens with zero attached hydrogens (tertiary/aromatic N) is 3. The van der Waals surface area contributed by atoms with Gasteiger partial charge < -0.3 is 18.9 Å². The van der Waals surface area contributed by atoms with Gasteiger partial charge in [0, 0.05) is 37.7 Å². The topological polar surface area (TPSA) is 56.6 Å². The molecular weight excluding hydrogens is 390 g/mol. The zero-order valence-corrected chi connectivity index (χ0v) is 18.2. The van der Waals surface area contributed by atoms with Gasteiger partial charge in [-0.05, 0) is 49.6 Å². The number of carbonyl (C=O) groups is 1. The van der Waals surface area contributed by atoms with E-state index in [1.165, 1.54) is 0 Å². The molecule has 6 heteroatoms. The van der Waals surface area contributed by atoms with E-state index in [2.05, 4.69) is 9.55 Å². The second-order valence-corrected chi connectivity index (χ2v) is 8.01. The fourth-order valence-electron chi connectivity index (χ4n) is 3.87. The monoisotopic (exact) mass is 419 g/mol. The zero-order valence-electron chi connectivity index (χ0n) is 18.2. The fraction of sp³-hybridized carbons (Fsp3) is 0.360. The molecule has 1 saturated heterocycles. The lowest BCUT2D eigenvalue weighted by Gasteiger charge is -2.26. The number of imidazole rings is 1. The van der Waals surface area contributed by atoms with Gasteiger partial charge in [-0.25, -0.2) is 4.98 Å². The number of benzene rings is 2. The van der Waals surface area contributed by atoms with Gasteiger partial charge in [-0.1, -0.05) is 29.8 Å². The number of methoxy groups -OCH3 is 1. The lowest BCUT2D eigenvalue weighted by atomic mass is 10.1. The van der Waals surface area contributed by atoms with Gasteiger partial charge in [-0.3, -0.25) is 4.79 Å². The van der Waals surface area contributed by atoms with Crippen molar-refractivity contribution in [2.45, 2.75) is 39.0 Å². The standard InChI is InChI=1S/C25H29N3O3/c1-19-5-9-21(10-6-19)25(29)28(17-23-4-3-15-31-23)18-24-26-13-14-27(24)16-20-7-11-22(30-2)12-8-20/h5-14,23H,3-4,15-18H2,1-2H3. The Hall–Kier alpha value is -3.12. The quantitative estimate of drug-likeness (QED) is 0.552. The molecule has 2 heterocycles. The molecule has 0 spiro atoms. The van der Waals surface area contributed by atoms with E-state index in [4.69, 9.17) is 9.47 Å². The molecule has 0 N–H and O–H groups in total. The van der Waals surface area contributed by atoms with Crippen LogP contribution in [0.4, 0.5) is 0 Å². The van der Waals surface area contributed by atoms with Crippen molar-refractivity contribution in [3.8, 4) is 5.75 Å². The first kappa shape index (κ1) is 21.1. The third-order valence-corrected chi connectivity index (χ3v) is 5.68. The normalized spacial score (nSPS) is 15.7. The molecule has 1 aliphatic rings. The number of ether oxygens (including phenoxy) is 2. The molecule has 3 aromatic rings. The van der Waals surface area contributed by atoms with E-state index in [0.29, 0.717) is 25.2 Å². The summed E-state index contributed by atoms with van der Waals surface area (Å²) in [6.45, 7) is 4.49. The highest BCUT2D eigenvalue weighted by Gasteiger charge is 2.25. The van der Waals surface area contributed by atoms with Crippen LogP contribution in [-0.4, -0.2) is 46.7 Å². The molecule has 0 bridgehead atoms. The van der Waals surface area contributed by atoms with Crippen LogP contribution in [0.1, 0.15) is 40.2 Å². The smallest absolute Gasteiger partial charge is 0.254 e. The van der Waals surface area contributed by atoms with E-state index in [0.717, 1.165) is 42.1 Å². The lowest BCUT2D eigenvalue weighted by Crippen LogP contribution is -2.37. The van der Waals surface area contributed by atoms with Gasteiger partial charge >= 0.3 is 0 Å². The van der Waals surface area contributed by atoms with Crippen molar-refractivity contribution in [2.24, 2.45) is 0 Å². The predicted molar refractivity (Wildman–Crippen MR) is 119 cm³/mol. The Morgan fingerprint density at radius 2 is 1.97 bits per heavy atom. The van der Waals surface area contributed by atoms with E-state index in [1.807, 2.05) is 66.6 Å². The van der Waals surface area contributed by atoms with E-state index in [-0.39, 0.29) is 12.0 Å². The predicted octanol–water partition coefficient (Wildman–Crippen LogP) is 4.07. The molecule has 162 valence electrons. The molecule has 4 rings (SSSR count). The van der Waals surface area contributed by atoms with Gasteiger partial charge in [0.15, 0.2) is 0 Å². The maximum Gasteiger partial charge on any atom is 0.254 e. The van der Waals surface area contributed by atoms with Crippen molar-refractivity contribution in [2.75, 3.05) is 20.3 Å². The Labute approximate surface area is 183 Å². The zero-order chi connectivity index (χ0) is 21.6. The van der Waals surface area contributed by atoms with Gasteiger partial charge in [0.25, 0.3) is 5.91 Å². The maximum absolute atomic E-state index is 13.3. The summed E-state index contributed by atoms with van der Waals surface area (Å²) in [4.78, 5) is 19.8. The minimum Gasteiger partial charge on any atom is -0.497 e. The number of aryl methyl sites for hydroxylation is 1. The molecule has 6 nitrogen and oxygen atoms in total. The number of carbonyl (C=O) groups excluding carboxylic acids is 1.